The molecule has 0 radical (unpaired) electrons. The third-order valence-corrected chi connectivity index (χ3v) is 4.46. The Bertz CT molecular complexity index is 337. The van der Waals surface area contributed by atoms with Crippen LogP contribution in [0.5, 0.6) is 0 Å². The third kappa shape index (κ3) is 1.40. The largest absolute Gasteiger partial charge is 0.299 e. The van der Waals surface area contributed by atoms with Crippen LogP contribution in [0.25, 0.3) is 0 Å². The minimum atomic E-state index is -0.286. The van der Waals surface area contributed by atoms with Crippen molar-refractivity contribution in [2.24, 2.45) is 22.7 Å². The summed E-state index contributed by atoms with van der Waals surface area (Å²) < 4.78 is 0. The van der Waals surface area contributed by atoms with Gasteiger partial charge in [-0.25, -0.2) is 0 Å². The Morgan fingerprint density at radius 1 is 1.47 bits per heavy atom. The smallest absolute Gasteiger partial charge is 0.143 e. The molecule has 2 bridgehead atoms. The van der Waals surface area contributed by atoms with E-state index in [2.05, 4.69) is 39.5 Å². The number of rotatable bonds is 1. The molecular weight excluding hydrogens is 184 g/mol. The molecule has 0 saturated heterocycles. The summed E-state index contributed by atoms with van der Waals surface area (Å²) in [7, 11) is 0. The Kier molecular flexibility index (Phi) is 2.18. The molecule has 3 aliphatic carbocycles. The number of allylic oxidation sites excluding steroid dienone is 3. The van der Waals surface area contributed by atoms with Gasteiger partial charge in [0.1, 0.15) is 5.78 Å². The van der Waals surface area contributed by atoms with Crippen molar-refractivity contribution in [1.29, 1.82) is 0 Å². The molecule has 3 aliphatic rings. The molecule has 1 saturated carbocycles. The van der Waals surface area contributed by atoms with E-state index >= 15 is 0 Å². The van der Waals surface area contributed by atoms with Crippen molar-refractivity contribution in [3.05, 3.63) is 24.8 Å². The average molecular weight is 204 g/mol. The zero-order valence-corrected chi connectivity index (χ0v) is 9.92. The van der Waals surface area contributed by atoms with E-state index < -0.39 is 0 Å². The van der Waals surface area contributed by atoms with Gasteiger partial charge in [-0.15, -0.1) is 6.58 Å². The fourth-order valence-electron chi connectivity index (χ4n) is 2.99. The SMILES string of the molecule is C=C[C@H]1C[C@H]2C=C[C@@]1(C)C(=O)CC2(C)C. The molecule has 0 heterocycles. The summed E-state index contributed by atoms with van der Waals surface area (Å²) in [6.45, 7) is 10.4. The first-order valence-electron chi connectivity index (χ1n) is 5.75. The lowest BCUT2D eigenvalue weighted by atomic mass is 9.67. The van der Waals surface area contributed by atoms with Gasteiger partial charge in [0.05, 0.1) is 5.41 Å². The first-order valence-corrected chi connectivity index (χ1v) is 5.75. The highest BCUT2D eigenvalue weighted by atomic mass is 16.1. The topological polar surface area (TPSA) is 17.1 Å². The third-order valence-electron chi connectivity index (χ3n) is 4.46. The molecule has 0 aromatic rings. The molecule has 0 N–H and O–H groups in total. The van der Waals surface area contributed by atoms with Crippen LogP contribution in [0.3, 0.4) is 0 Å². The number of hydrogen-bond acceptors (Lipinski definition) is 1. The zero-order valence-electron chi connectivity index (χ0n) is 9.92. The van der Waals surface area contributed by atoms with Crippen LogP contribution < -0.4 is 0 Å². The number of fused-ring (bicyclic) bond motifs is 3. The highest BCUT2D eigenvalue weighted by Crippen LogP contribution is 2.52. The monoisotopic (exact) mass is 204 g/mol. The predicted molar refractivity (Wildman–Crippen MR) is 62.4 cm³/mol. The minimum Gasteiger partial charge on any atom is -0.299 e. The molecule has 0 amide bonds. The molecule has 0 aliphatic heterocycles. The van der Waals surface area contributed by atoms with E-state index in [1.165, 1.54) is 0 Å². The van der Waals surface area contributed by atoms with Gasteiger partial charge in [-0.1, -0.05) is 32.1 Å². The number of carbonyl (C=O) groups is 1. The Morgan fingerprint density at radius 2 is 2.13 bits per heavy atom. The quantitative estimate of drug-likeness (QED) is 0.598. The van der Waals surface area contributed by atoms with Crippen LogP contribution in [0.1, 0.15) is 33.6 Å². The van der Waals surface area contributed by atoms with E-state index in [4.69, 9.17) is 0 Å². The normalized spacial score (nSPS) is 42.7. The fourth-order valence-corrected chi connectivity index (χ4v) is 2.99. The molecule has 0 unspecified atom stereocenters. The van der Waals surface area contributed by atoms with Gasteiger partial charge in [0.25, 0.3) is 0 Å². The second kappa shape index (κ2) is 3.07. The maximum Gasteiger partial charge on any atom is 0.143 e. The molecule has 1 nitrogen and oxygen atoms in total. The van der Waals surface area contributed by atoms with Gasteiger partial charge in [0.15, 0.2) is 0 Å². The van der Waals surface area contributed by atoms with E-state index in [9.17, 15) is 4.79 Å². The van der Waals surface area contributed by atoms with Gasteiger partial charge in [-0.3, -0.25) is 4.79 Å². The van der Waals surface area contributed by atoms with Crippen molar-refractivity contribution < 1.29 is 4.79 Å². The molecule has 1 heteroatoms. The van der Waals surface area contributed by atoms with Crippen molar-refractivity contribution in [2.45, 2.75) is 33.6 Å². The average Bonchev–Trinajstić information content (AvgIpc) is 2.28. The summed E-state index contributed by atoms with van der Waals surface area (Å²) >= 11 is 0. The maximum atomic E-state index is 12.3. The lowest BCUT2D eigenvalue weighted by Crippen LogP contribution is -2.33. The maximum absolute atomic E-state index is 12.3. The highest BCUT2D eigenvalue weighted by molar-refractivity contribution is 5.88. The van der Waals surface area contributed by atoms with Gasteiger partial charge in [-0.05, 0) is 30.6 Å². The van der Waals surface area contributed by atoms with E-state index in [1.54, 1.807) is 0 Å². The second-order valence-electron chi connectivity index (χ2n) is 5.91. The van der Waals surface area contributed by atoms with E-state index in [0.717, 1.165) is 6.42 Å². The van der Waals surface area contributed by atoms with E-state index in [0.29, 0.717) is 24.0 Å². The van der Waals surface area contributed by atoms with Gasteiger partial charge < -0.3 is 0 Å². The van der Waals surface area contributed by atoms with Crippen LogP contribution in [0.2, 0.25) is 0 Å². The van der Waals surface area contributed by atoms with E-state index in [-0.39, 0.29) is 10.8 Å². The van der Waals surface area contributed by atoms with Crippen LogP contribution in [0.4, 0.5) is 0 Å². The molecule has 1 fully saturated rings. The lowest BCUT2D eigenvalue weighted by Gasteiger charge is -2.36. The molecular formula is C14H20O. The summed E-state index contributed by atoms with van der Waals surface area (Å²) in [5, 5.41) is 0. The molecule has 3 rings (SSSR count). The Balaban J connectivity index is 2.50. The fraction of sp³-hybridized carbons (Fsp3) is 0.643. The number of carbonyl (C=O) groups excluding carboxylic acids is 1. The molecule has 0 aromatic heterocycles. The lowest BCUT2D eigenvalue weighted by molar-refractivity contribution is -0.127. The summed E-state index contributed by atoms with van der Waals surface area (Å²) in [5.41, 5.74) is -0.172. The van der Waals surface area contributed by atoms with Crippen LogP contribution in [0, 0.1) is 22.7 Å². The second-order valence-corrected chi connectivity index (χ2v) is 5.91. The molecule has 15 heavy (non-hydrogen) atoms. The minimum absolute atomic E-state index is 0.114. The van der Waals surface area contributed by atoms with Crippen molar-refractivity contribution in [3.8, 4) is 0 Å². The van der Waals surface area contributed by atoms with Gasteiger partial charge in [0.2, 0.25) is 0 Å². The molecule has 82 valence electrons. The highest BCUT2D eigenvalue weighted by Gasteiger charge is 2.49. The van der Waals surface area contributed by atoms with Crippen LogP contribution in [-0.4, -0.2) is 5.78 Å². The van der Waals surface area contributed by atoms with Gasteiger partial charge >= 0.3 is 0 Å². The van der Waals surface area contributed by atoms with Crippen LogP contribution in [0.15, 0.2) is 24.8 Å². The van der Waals surface area contributed by atoms with Crippen LogP contribution >= 0.6 is 0 Å². The van der Waals surface area contributed by atoms with Gasteiger partial charge in [-0.2, -0.15) is 0 Å². The molecule has 0 aromatic carbocycles. The summed E-state index contributed by atoms with van der Waals surface area (Å²) in [6.07, 6.45) is 8.13. The Labute approximate surface area is 92.3 Å². The van der Waals surface area contributed by atoms with Crippen molar-refractivity contribution in [1.82, 2.24) is 0 Å². The standard InChI is InChI=1S/C14H20O/c1-5-10-8-11-6-7-14(10,4)12(15)9-13(11,2)3/h5-7,10-11H,1,8-9H2,2-4H3/t10-,11+,14+/m0/s1. The number of ketones is 1. The molecule has 0 spiro atoms. The summed E-state index contributed by atoms with van der Waals surface area (Å²) in [6, 6.07) is 0. The summed E-state index contributed by atoms with van der Waals surface area (Å²) in [5.74, 6) is 1.23. The van der Waals surface area contributed by atoms with Crippen molar-refractivity contribution >= 4 is 5.78 Å². The Hall–Kier alpha value is -0.850. The van der Waals surface area contributed by atoms with E-state index in [1.807, 2.05) is 6.08 Å². The number of hydrogen-bond donors (Lipinski definition) is 0. The van der Waals surface area contributed by atoms with Crippen LogP contribution in [-0.2, 0) is 4.79 Å². The zero-order chi connectivity index (χ0) is 11.3. The first-order chi connectivity index (χ1) is 6.90. The summed E-state index contributed by atoms with van der Waals surface area (Å²) in [4.78, 5) is 12.3. The number of Topliss-reactive ketones (excluding diaryl/α,β-unsaturated/α-hetero) is 1. The van der Waals surface area contributed by atoms with Crippen molar-refractivity contribution in [3.63, 3.8) is 0 Å². The molecule has 3 atom stereocenters. The predicted octanol–water partition coefficient (Wildman–Crippen LogP) is 3.37. The Morgan fingerprint density at radius 3 is 2.73 bits per heavy atom. The van der Waals surface area contributed by atoms with Crippen molar-refractivity contribution in [2.75, 3.05) is 0 Å². The first kappa shape index (κ1) is 10.7. The van der Waals surface area contributed by atoms with Gasteiger partial charge in [0, 0.05) is 6.42 Å².